The Bertz CT molecular complexity index is 813. The van der Waals surface area contributed by atoms with Gasteiger partial charge in [0.15, 0.2) is 0 Å². The molecule has 1 saturated heterocycles. The number of carboxylic acid groups (broad SMARTS) is 1. The second-order valence-electron chi connectivity index (χ2n) is 12.3. The molecule has 0 bridgehead atoms. The molecule has 3 atom stereocenters. The summed E-state index contributed by atoms with van der Waals surface area (Å²) in [5, 5.41) is 8.81. The highest BCUT2D eigenvalue weighted by molar-refractivity contribution is 5.66. The van der Waals surface area contributed by atoms with E-state index in [0.717, 1.165) is 63.2 Å². The first-order valence-corrected chi connectivity index (χ1v) is 13.3. The van der Waals surface area contributed by atoms with E-state index in [0.29, 0.717) is 16.7 Å². The van der Waals surface area contributed by atoms with Gasteiger partial charge >= 0.3 is 5.97 Å². The molecule has 5 heteroatoms. The van der Waals surface area contributed by atoms with Crippen LogP contribution in [0.25, 0.3) is 0 Å². The Labute approximate surface area is 201 Å². The van der Waals surface area contributed by atoms with Crippen molar-refractivity contribution in [1.29, 1.82) is 0 Å². The molecule has 4 rings (SSSR count). The first-order valence-electron chi connectivity index (χ1n) is 13.3. The molecule has 5 nitrogen and oxygen atoms in total. The van der Waals surface area contributed by atoms with E-state index in [4.69, 9.17) is 10.1 Å². The summed E-state index contributed by atoms with van der Waals surface area (Å²) in [7, 11) is 0. The zero-order chi connectivity index (χ0) is 23.6. The number of aliphatic carboxylic acids is 1. The molecule has 0 amide bonds. The van der Waals surface area contributed by atoms with Crippen molar-refractivity contribution in [3.05, 3.63) is 23.9 Å². The van der Waals surface area contributed by atoms with Crippen LogP contribution in [0.15, 0.2) is 18.2 Å². The van der Waals surface area contributed by atoms with Crippen molar-refractivity contribution in [2.75, 3.05) is 37.6 Å². The van der Waals surface area contributed by atoms with E-state index in [9.17, 15) is 4.79 Å². The molecule has 0 spiro atoms. The summed E-state index contributed by atoms with van der Waals surface area (Å²) in [5.74, 6) is 2.70. The minimum absolute atomic E-state index is 0.286. The number of fused-ring (bicyclic) bond motifs is 1. The van der Waals surface area contributed by atoms with Gasteiger partial charge in [0.25, 0.3) is 0 Å². The Morgan fingerprint density at radius 1 is 1.00 bits per heavy atom. The van der Waals surface area contributed by atoms with Crippen LogP contribution in [0.2, 0.25) is 0 Å². The number of rotatable bonds is 7. The van der Waals surface area contributed by atoms with Crippen molar-refractivity contribution in [1.82, 2.24) is 9.88 Å². The number of aromatic nitrogens is 1. The summed E-state index contributed by atoms with van der Waals surface area (Å²) in [6.45, 7) is 15.1. The van der Waals surface area contributed by atoms with E-state index >= 15 is 0 Å². The maximum absolute atomic E-state index is 10.7. The molecule has 3 aliphatic rings. The van der Waals surface area contributed by atoms with Crippen LogP contribution < -0.4 is 4.90 Å². The zero-order valence-electron chi connectivity index (χ0n) is 21.4. The highest BCUT2D eigenvalue weighted by Crippen LogP contribution is 2.59. The molecule has 0 aromatic carbocycles. The normalized spacial score (nSPS) is 29.5. The van der Waals surface area contributed by atoms with Crippen molar-refractivity contribution in [2.45, 2.75) is 85.0 Å². The number of carbonyl (C=O) groups is 1. The van der Waals surface area contributed by atoms with Crippen LogP contribution in [-0.2, 0) is 4.79 Å². The summed E-state index contributed by atoms with van der Waals surface area (Å²) in [6, 6.07) is 6.68. The summed E-state index contributed by atoms with van der Waals surface area (Å²) in [6.07, 6.45) is 8.66. The molecule has 1 aromatic rings. The molecule has 1 aromatic heterocycles. The Hall–Kier alpha value is -1.62. The number of hydrogen-bond donors (Lipinski definition) is 1. The summed E-state index contributed by atoms with van der Waals surface area (Å²) in [5.41, 5.74) is 2.23. The van der Waals surface area contributed by atoms with E-state index < -0.39 is 5.97 Å². The smallest absolute Gasteiger partial charge is 0.303 e. The zero-order valence-corrected chi connectivity index (χ0v) is 21.4. The lowest BCUT2D eigenvalue weighted by atomic mass is 9.49. The highest BCUT2D eigenvalue weighted by Gasteiger charge is 2.50. The average molecular weight is 456 g/mol. The van der Waals surface area contributed by atoms with Crippen molar-refractivity contribution in [3.63, 3.8) is 0 Å². The largest absolute Gasteiger partial charge is 0.481 e. The molecule has 3 fully saturated rings. The molecule has 0 radical (unpaired) electrons. The van der Waals surface area contributed by atoms with Crippen molar-refractivity contribution in [3.8, 4) is 0 Å². The third-order valence-corrected chi connectivity index (χ3v) is 9.26. The van der Waals surface area contributed by atoms with Crippen LogP contribution in [0, 0.1) is 22.7 Å². The van der Waals surface area contributed by atoms with E-state index in [-0.39, 0.29) is 6.42 Å². The van der Waals surface area contributed by atoms with Gasteiger partial charge in [0, 0.05) is 44.2 Å². The molecular weight excluding hydrogens is 410 g/mol. The molecule has 1 aliphatic heterocycles. The minimum atomic E-state index is -0.685. The molecule has 33 heavy (non-hydrogen) atoms. The Morgan fingerprint density at radius 2 is 1.70 bits per heavy atom. The summed E-state index contributed by atoms with van der Waals surface area (Å²) in [4.78, 5) is 20.8. The van der Waals surface area contributed by atoms with Crippen LogP contribution in [0.3, 0.4) is 0 Å². The first-order chi connectivity index (χ1) is 15.7. The van der Waals surface area contributed by atoms with Gasteiger partial charge in [0.1, 0.15) is 5.82 Å². The van der Waals surface area contributed by atoms with Gasteiger partial charge in [0.05, 0.1) is 0 Å². The number of unbranched alkanes of at least 4 members (excludes halogenated alkanes) is 1. The van der Waals surface area contributed by atoms with Crippen molar-refractivity contribution in [2.24, 2.45) is 22.7 Å². The number of carboxylic acids is 1. The van der Waals surface area contributed by atoms with Gasteiger partial charge in [-0.05, 0) is 86.3 Å². The van der Waals surface area contributed by atoms with Gasteiger partial charge in [-0.25, -0.2) is 4.98 Å². The van der Waals surface area contributed by atoms with Gasteiger partial charge in [-0.15, -0.1) is 0 Å². The summed E-state index contributed by atoms with van der Waals surface area (Å²) >= 11 is 0. The van der Waals surface area contributed by atoms with Crippen LogP contribution in [-0.4, -0.2) is 53.7 Å². The Kier molecular flexibility index (Phi) is 7.38. The van der Waals surface area contributed by atoms with Gasteiger partial charge in [-0.3, -0.25) is 9.69 Å². The van der Waals surface area contributed by atoms with Gasteiger partial charge in [-0.2, -0.15) is 0 Å². The predicted octanol–water partition coefficient (Wildman–Crippen LogP) is 5.80. The number of pyridine rings is 1. The van der Waals surface area contributed by atoms with Crippen LogP contribution in [0.4, 0.5) is 5.82 Å². The van der Waals surface area contributed by atoms with E-state index in [1.807, 2.05) is 0 Å². The predicted molar refractivity (Wildman–Crippen MR) is 135 cm³/mol. The number of nitrogens with zero attached hydrogens (tertiary/aromatic N) is 3. The Morgan fingerprint density at radius 3 is 2.39 bits per heavy atom. The topological polar surface area (TPSA) is 56.7 Å². The van der Waals surface area contributed by atoms with Crippen LogP contribution in [0.1, 0.15) is 90.7 Å². The number of piperazine rings is 1. The standard InChI is InChI=1S/C28H45N3O2/c1-27(2)13-14-28(3,4)23-20-21(11-12-22(23)27)24-8-7-9-25(29-24)31-18-16-30(17-19-31)15-6-5-10-26(32)33/h7-9,21-23H,5-6,10-20H2,1-4H3,(H,32,33). The maximum Gasteiger partial charge on any atom is 0.303 e. The van der Waals surface area contributed by atoms with E-state index in [1.165, 1.54) is 37.8 Å². The minimum Gasteiger partial charge on any atom is -0.481 e. The maximum atomic E-state index is 10.7. The quantitative estimate of drug-likeness (QED) is 0.526. The average Bonchev–Trinajstić information content (AvgIpc) is 2.80. The molecule has 184 valence electrons. The van der Waals surface area contributed by atoms with Crippen LogP contribution in [0.5, 0.6) is 0 Å². The van der Waals surface area contributed by atoms with Gasteiger partial charge in [-0.1, -0.05) is 33.8 Å². The lowest BCUT2D eigenvalue weighted by Crippen LogP contribution is -2.47. The van der Waals surface area contributed by atoms with Gasteiger partial charge < -0.3 is 10.0 Å². The fourth-order valence-electron chi connectivity index (χ4n) is 6.91. The summed E-state index contributed by atoms with van der Waals surface area (Å²) < 4.78 is 0. The number of hydrogen-bond acceptors (Lipinski definition) is 4. The molecule has 2 saturated carbocycles. The first kappa shape index (κ1) is 24.5. The second kappa shape index (κ2) is 9.93. The fourth-order valence-corrected chi connectivity index (χ4v) is 6.91. The highest BCUT2D eigenvalue weighted by atomic mass is 16.4. The van der Waals surface area contributed by atoms with Crippen LogP contribution >= 0.6 is 0 Å². The third kappa shape index (κ3) is 5.72. The second-order valence-corrected chi connectivity index (χ2v) is 12.3. The SMILES string of the molecule is CC1(C)CCC(C)(C)C2CC(c3cccc(N4CCN(CCCCC(=O)O)CC4)n3)CCC21. The lowest BCUT2D eigenvalue weighted by molar-refractivity contribution is -0.137. The molecule has 3 unspecified atom stereocenters. The Balaban J connectivity index is 1.35. The molecule has 2 aliphatic carbocycles. The third-order valence-electron chi connectivity index (χ3n) is 9.26. The van der Waals surface area contributed by atoms with Crippen molar-refractivity contribution >= 4 is 11.8 Å². The van der Waals surface area contributed by atoms with E-state index in [2.05, 4.69) is 55.7 Å². The fraction of sp³-hybridized carbons (Fsp3) is 0.786. The molecule has 2 heterocycles. The molecular formula is C28H45N3O2. The number of anilines is 1. The monoisotopic (exact) mass is 455 g/mol. The molecule has 1 N–H and O–H groups in total. The lowest BCUT2D eigenvalue weighted by Gasteiger charge is -2.56. The van der Waals surface area contributed by atoms with Crippen molar-refractivity contribution < 1.29 is 9.90 Å². The van der Waals surface area contributed by atoms with Gasteiger partial charge in [0.2, 0.25) is 0 Å². The van der Waals surface area contributed by atoms with E-state index in [1.54, 1.807) is 0 Å².